The van der Waals surface area contributed by atoms with E-state index in [9.17, 15) is 5.11 Å². The summed E-state index contributed by atoms with van der Waals surface area (Å²) in [5.74, 6) is 0.661. The second-order valence-corrected chi connectivity index (χ2v) is 6.67. The van der Waals surface area contributed by atoms with E-state index in [0.717, 1.165) is 10.2 Å². The summed E-state index contributed by atoms with van der Waals surface area (Å²) in [6.07, 6.45) is 2.50. The number of benzene rings is 2. The molecule has 1 saturated carbocycles. The Kier molecular flexibility index (Phi) is 4.53. The van der Waals surface area contributed by atoms with Gasteiger partial charge in [-0.2, -0.15) is 0 Å². The first-order valence-electron chi connectivity index (χ1n) is 7.10. The number of aliphatic hydroxyl groups excluding tert-OH is 1. The average molecular weight is 367 g/mol. The SMILES string of the molecule is OCC(Nc1ccc(Cl)c(Br)c1)c1ccccc1C1CC1. The molecule has 3 rings (SSSR count). The third-order valence-electron chi connectivity index (χ3n) is 3.83. The molecule has 0 saturated heterocycles. The van der Waals surface area contributed by atoms with Crippen LogP contribution in [0.2, 0.25) is 5.02 Å². The zero-order valence-electron chi connectivity index (χ0n) is 11.5. The van der Waals surface area contributed by atoms with Crippen LogP contribution in [0.5, 0.6) is 0 Å². The molecule has 0 amide bonds. The molecule has 1 atom stereocenters. The van der Waals surface area contributed by atoms with Gasteiger partial charge in [0.2, 0.25) is 0 Å². The second kappa shape index (κ2) is 6.39. The molecule has 0 spiro atoms. The second-order valence-electron chi connectivity index (χ2n) is 5.41. The number of anilines is 1. The molecule has 2 aromatic carbocycles. The number of hydrogen-bond acceptors (Lipinski definition) is 2. The molecule has 1 unspecified atom stereocenters. The Bertz CT molecular complexity index is 642. The van der Waals surface area contributed by atoms with Crippen molar-refractivity contribution in [2.75, 3.05) is 11.9 Å². The van der Waals surface area contributed by atoms with Crippen LogP contribution in [0.4, 0.5) is 5.69 Å². The average Bonchev–Trinajstić information content (AvgIpc) is 3.33. The molecule has 0 aliphatic heterocycles. The highest BCUT2D eigenvalue weighted by Gasteiger charge is 2.27. The van der Waals surface area contributed by atoms with Gasteiger partial charge in [0, 0.05) is 10.2 Å². The highest BCUT2D eigenvalue weighted by molar-refractivity contribution is 9.10. The predicted molar refractivity (Wildman–Crippen MR) is 91.0 cm³/mol. The van der Waals surface area contributed by atoms with E-state index in [1.807, 2.05) is 24.3 Å². The van der Waals surface area contributed by atoms with Crippen LogP contribution in [0, 0.1) is 0 Å². The maximum Gasteiger partial charge on any atom is 0.0747 e. The fraction of sp³-hybridized carbons (Fsp3) is 0.294. The fourth-order valence-electron chi connectivity index (χ4n) is 2.60. The van der Waals surface area contributed by atoms with Gasteiger partial charge in [-0.3, -0.25) is 0 Å². The topological polar surface area (TPSA) is 32.3 Å². The van der Waals surface area contributed by atoms with Crippen molar-refractivity contribution in [2.45, 2.75) is 24.8 Å². The van der Waals surface area contributed by atoms with Crippen LogP contribution in [0.15, 0.2) is 46.9 Å². The lowest BCUT2D eigenvalue weighted by molar-refractivity contribution is 0.276. The molecule has 0 aromatic heterocycles. The summed E-state index contributed by atoms with van der Waals surface area (Å²) in [5.41, 5.74) is 3.49. The molecule has 21 heavy (non-hydrogen) atoms. The van der Waals surface area contributed by atoms with Gasteiger partial charge in [-0.15, -0.1) is 0 Å². The molecule has 110 valence electrons. The maximum atomic E-state index is 9.79. The number of hydrogen-bond donors (Lipinski definition) is 2. The van der Waals surface area contributed by atoms with Crippen LogP contribution in [0.25, 0.3) is 0 Å². The van der Waals surface area contributed by atoms with Crippen LogP contribution >= 0.6 is 27.5 Å². The monoisotopic (exact) mass is 365 g/mol. The third-order valence-corrected chi connectivity index (χ3v) is 5.05. The lowest BCUT2D eigenvalue weighted by atomic mass is 9.97. The smallest absolute Gasteiger partial charge is 0.0747 e. The van der Waals surface area contributed by atoms with Crippen molar-refractivity contribution in [2.24, 2.45) is 0 Å². The van der Waals surface area contributed by atoms with E-state index in [0.29, 0.717) is 10.9 Å². The first kappa shape index (κ1) is 14.9. The van der Waals surface area contributed by atoms with Crippen molar-refractivity contribution in [1.82, 2.24) is 0 Å². The lowest BCUT2D eigenvalue weighted by Gasteiger charge is -2.21. The van der Waals surface area contributed by atoms with E-state index >= 15 is 0 Å². The molecule has 2 nitrogen and oxygen atoms in total. The Morgan fingerprint density at radius 2 is 2.00 bits per heavy atom. The molecular formula is C17H17BrClNO. The summed E-state index contributed by atoms with van der Waals surface area (Å²) in [7, 11) is 0. The number of aliphatic hydroxyl groups is 1. The highest BCUT2D eigenvalue weighted by Crippen LogP contribution is 2.43. The molecule has 4 heteroatoms. The zero-order valence-corrected chi connectivity index (χ0v) is 13.9. The lowest BCUT2D eigenvalue weighted by Crippen LogP contribution is -2.16. The van der Waals surface area contributed by atoms with Crippen molar-refractivity contribution in [3.63, 3.8) is 0 Å². The van der Waals surface area contributed by atoms with Crippen molar-refractivity contribution in [1.29, 1.82) is 0 Å². The molecule has 1 fully saturated rings. The standard InChI is InChI=1S/C17H17BrClNO/c18-15-9-12(7-8-16(15)19)20-17(10-21)14-4-2-1-3-13(14)11-5-6-11/h1-4,7-9,11,17,20-21H,5-6,10H2. The van der Waals surface area contributed by atoms with Crippen LogP contribution in [-0.4, -0.2) is 11.7 Å². The Morgan fingerprint density at radius 3 is 2.67 bits per heavy atom. The van der Waals surface area contributed by atoms with Crippen molar-refractivity contribution < 1.29 is 5.11 Å². The molecule has 0 bridgehead atoms. The van der Waals surface area contributed by atoms with E-state index in [1.165, 1.54) is 24.0 Å². The molecule has 0 radical (unpaired) electrons. The number of rotatable bonds is 5. The minimum atomic E-state index is -0.102. The first-order valence-corrected chi connectivity index (χ1v) is 8.27. The van der Waals surface area contributed by atoms with E-state index in [4.69, 9.17) is 11.6 Å². The Balaban J connectivity index is 1.86. The summed E-state index contributed by atoms with van der Waals surface area (Å²) in [6, 6.07) is 14.0. The van der Waals surface area contributed by atoms with E-state index in [2.05, 4.69) is 39.4 Å². The van der Waals surface area contributed by atoms with E-state index < -0.39 is 0 Å². The third kappa shape index (κ3) is 3.42. The van der Waals surface area contributed by atoms with Gasteiger partial charge in [0.15, 0.2) is 0 Å². The first-order chi connectivity index (χ1) is 10.2. The number of nitrogens with one attached hydrogen (secondary N) is 1. The quantitative estimate of drug-likeness (QED) is 0.769. The fourth-order valence-corrected chi connectivity index (χ4v) is 3.10. The van der Waals surface area contributed by atoms with Gasteiger partial charge < -0.3 is 10.4 Å². The largest absolute Gasteiger partial charge is 0.394 e. The normalized spacial score (nSPS) is 15.8. The Hall–Kier alpha value is -1.03. The molecule has 2 aromatic rings. The van der Waals surface area contributed by atoms with Crippen molar-refractivity contribution >= 4 is 33.2 Å². The van der Waals surface area contributed by atoms with Crippen molar-refractivity contribution in [3.8, 4) is 0 Å². The van der Waals surface area contributed by atoms with Crippen LogP contribution in [-0.2, 0) is 0 Å². The van der Waals surface area contributed by atoms with Gasteiger partial charge in [-0.05, 0) is 64.0 Å². The summed E-state index contributed by atoms with van der Waals surface area (Å²) in [6.45, 7) is 0.0595. The van der Waals surface area contributed by atoms with Gasteiger partial charge >= 0.3 is 0 Å². The van der Waals surface area contributed by atoms with E-state index in [-0.39, 0.29) is 12.6 Å². The zero-order chi connectivity index (χ0) is 14.8. The van der Waals surface area contributed by atoms with Gasteiger partial charge in [-0.25, -0.2) is 0 Å². The molecule has 2 N–H and O–H groups in total. The van der Waals surface area contributed by atoms with Crippen molar-refractivity contribution in [3.05, 3.63) is 63.1 Å². The summed E-state index contributed by atoms with van der Waals surface area (Å²) < 4.78 is 0.848. The van der Waals surface area contributed by atoms with Crippen LogP contribution in [0.3, 0.4) is 0 Å². The highest BCUT2D eigenvalue weighted by atomic mass is 79.9. The minimum Gasteiger partial charge on any atom is -0.394 e. The predicted octanol–water partition coefficient (Wildman–Crippen LogP) is 5.13. The van der Waals surface area contributed by atoms with E-state index in [1.54, 1.807) is 0 Å². The van der Waals surface area contributed by atoms with Gasteiger partial charge in [0.05, 0.1) is 17.7 Å². The summed E-state index contributed by atoms with van der Waals surface area (Å²) in [4.78, 5) is 0. The van der Waals surface area contributed by atoms with Gasteiger partial charge in [0.1, 0.15) is 0 Å². The van der Waals surface area contributed by atoms with Crippen LogP contribution in [0.1, 0.15) is 35.9 Å². The summed E-state index contributed by atoms with van der Waals surface area (Å²) >= 11 is 9.45. The Morgan fingerprint density at radius 1 is 1.24 bits per heavy atom. The van der Waals surface area contributed by atoms with Gasteiger partial charge in [0.25, 0.3) is 0 Å². The molecule has 1 aliphatic rings. The van der Waals surface area contributed by atoms with Gasteiger partial charge in [-0.1, -0.05) is 35.9 Å². The maximum absolute atomic E-state index is 9.79. The molecular weight excluding hydrogens is 350 g/mol. The minimum absolute atomic E-state index is 0.0595. The summed E-state index contributed by atoms with van der Waals surface area (Å²) in [5, 5.41) is 13.9. The molecule has 1 aliphatic carbocycles. The van der Waals surface area contributed by atoms with Crippen LogP contribution < -0.4 is 5.32 Å². The number of halogens is 2. The Labute approximate surface area is 138 Å². The molecule has 0 heterocycles.